The molecule has 0 radical (unpaired) electrons. The first-order valence-electron chi connectivity index (χ1n) is 9.62. The summed E-state index contributed by atoms with van der Waals surface area (Å²) in [6.45, 7) is 17.6. The second-order valence-electron chi connectivity index (χ2n) is 9.40. The van der Waals surface area contributed by atoms with Gasteiger partial charge in [0.15, 0.2) is 0 Å². The molecular formula is C20H39NO. The van der Waals surface area contributed by atoms with E-state index >= 15 is 0 Å². The lowest BCUT2D eigenvalue weighted by Gasteiger charge is -2.39. The predicted molar refractivity (Wildman–Crippen MR) is 95.1 cm³/mol. The van der Waals surface area contributed by atoms with Crippen molar-refractivity contribution in [1.82, 2.24) is 4.90 Å². The fourth-order valence-electron chi connectivity index (χ4n) is 4.78. The molecule has 2 rings (SSSR count). The van der Waals surface area contributed by atoms with Crippen LogP contribution in [0.15, 0.2) is 0 Å². The molecular weight excluding hydrogens is 270 g/mol. The molecule has 0 bridgehead atoms. The Morgan fingerprint density at radius 1 is 1.00 bits per heavy atom. The molecule has 2 nitrogen and oxygen atoms in total. The van der Waals surface area contributed by atoms with Crippen molar-refractivity contribution in [2.75, 3.05) is 19.6 Å². The Morgan fingerprint density at radius 3 is 2.05 bits per heavy atom. The maximum atomic E-state index is 5.85. The highest BCUT2D eigenvalue weighted by molar-refractivity contribution is 4.82. The van der Waals surface area contributed by atoms with Crippen molar-refractivity contribution in [3.05, 3.63) is 0 Å². The zero-order valence-corrected chi connectivity index (χ0v) is 15.9. The Labute approximate surface area is 139 Å². The van der Waals surface area contributed by atoms with E-state index in [0.29, 0.717) is 17.6 Å². The molecule has 0 aromatic carbocycles. The van der Waals surface area contributed by atoms with E-state index in [1.807, 2.05) is 0 Å². The predicted octanol–water partition coefficient (Wildman–Crippen LogP) is 4.97. The van der Waals surface area contributed by atoms with E-state index in [-0.39, 0.29) is 0 Å². The van der Waals surface area contributed by atoms with Gasteiger partial charge in [-0.1, -0.05) is 40.5 Å². The number of hydrogen-bond acceptors (Lipinski definition) is 2. The minimum Gasteiger partial charge on any atom is -0.373 e. The first-order valence-corrected chi connectivity index (χ1v) is 9.62. The number of ether oxygens (including phenoxy) is 1. The maximum absolute atomic E-state index is 5.85. The van der Waals surface area contributed by atoms with Crippen LogP contribution in [0, 0.1) is 23.2 Å². The van der Waals surface area contributed by atoms with Crippen LogP contribution in [-0.2, 0) is 4.74 Å². The first-order chi connectivity index (χ1) is 10.2. The molecule has 0 spiro atoms. The third-order valence-corrected chi connectivity index (χ3v) is 5.87. The fourth-order valence-corrected chi connectivity index (χ4v) is 4.78. The molecule has 1 aliphatic carbocycles. The van der Waals surface area contributed by atoms with Crippen LogP contribution in [0.3, 0.4) is 0 Å². The van der Waals surface area contributed by atoms with Gasteiger partial charge in [0.2, 0.25) is 0 Å². The summed E-state index contributed by atoms with van der Waals surface area (Å²) in [5.74, 6) is 2.75. The first kappa shape index (κ1) is 18.3. The van der Waals surface area contributed by atoms with Crippen LogP contribution < -0.4 is 0 Å². The highest BCUT2D eigenvalue weighted by Crippen LogP contribution is 2.41. The maximum Gasteiger partial charge on any atom is 0.0678 e. The van der Waals surface area contributed by atoms with Crippen molar-refractivity contribution in [3.63, 3.8) is 0 Å². The van der Waals surface area contributed by atoms with Gasteiger partial charge in [0.25, 0.3) is 0 Å². The van der Waals surface area contributed by atoms with Crippen LogP contribution in [0.2, 0.25) is 0 Å². The highest BCUT2D eigenvalue weighted by atomic mass is 16.5. The van der Waals surface area contributed by atoms with E-state index in [4.69, 9.17) is 4.74 Å². The Bertz CT molecular complexity index is 317. The van der Waals surface area contributed by atoms with E-state index in [2.05, 4.69) is 46.4 Å². The Hall–Kier alpha value is -0.0800. The van der Waals surface area contributed by atoms with E-state index < -0.39 is 0 Å². The van der Waals surface area contributed by atoms with Crippen LogP contribution in [0.1, 0.15) is 73.6 Å². The Morgan fingerprint density at radius 2 is 1.55 bits per heavy atom. The molecule has 0 aromatic rings. The largest absolute Gasteiger partial charge is 0.373 e. The lowest BCUT2D eigenvalue weighted by atomic mass is 9.68. The van der Waals surface area contributed by atoms with Gasteiger partial charge in [-0.2, -0.15) is 0 Å². The molecule has 3 unspecified atom stereocenters. The highest BCUT2D eigenvalue weighted by Gasteiger charge is 2.30. The summed E-state index contributed by atoms with van der Waals surface area (Å²) in [4.78, 5) is 2.63. The van der Waals surface area contributed by atoms with E-state index in [9.17, 15) is 0 Å². The third kappa shape index (κ3) is 5.53. The lowest BCUT2D eigenvalue weighted by molar-refractivity contribution is -0.0716. The molecule has 1 aliphatic heterocycles. The number of morpholine rings is 1. The van der Waals surface area contributed by atoms with Gasteiger partial charge in [0.05, 0.1) is 12.2 Å². The van der Waals surface area contributed by atoms with Crippen molar-refractivity contribution in [2.45, 2.75) is 85.9 Å². The monoisotopic (exact) mass is 309 g/mol. The van der Waals surface area contributed by atoms with E-state index in [1.165, 1.54) is 38.6 Å². The van der Waals surface area contributed by atoms with Crippen molar-refractivity contribution in [2.24, 2.45) is 23.2 Å². The fraction of sp³-hybridized carbons (Fsp3) is 1.00. The minimum absolute atomic E-state index is 0.401. The lowest BCUT2D eigenvalue weighted by Crippen LogP contribution is -2.47. The molecule has 2 heteroatoms. The molecule has 3 atom stereocenters. The van der Waals surface area contributed by atoms with Gasteiger partial charge in [0, 0.05) is 19.6 Å². The van der Waals surface area contributed by atoms with Gasteiger partial charge < -0.3 is 4.74 Å². The number of rotatable bonds is 4. The van der Waals surface area contributed by atoms with Crippen LogP contribution in [0.5, 0.6) is 0 Å². The molecule has 1 saturated heterocycles. The summed E-state index contributed by atoms with van der Waals surface area (Å²) >= 11 is 0. The summed E-state index contributed by atoms with van der Waals surface area (Å²) in [6.07, 6.45) is 8.05. The minimum atomic E-state index is 0.401. The molecule has 2 aliphatic rings. The van der Waals surface area contributed by atoms with Crippen molar-refractivity contribution < 1.29 is 4.74 Å². The van der Waals surface area contributed by atoms with Crippen LogP contribution in [0.4, 0.5) is 0 Å². The summed E-state index contributed by atoms with van der Waals surface area (Å²) in [7, 11) is 0. The molecule has 0 amide bonds. The van der Waals surface area contributed by atoms with Gasteiger partial charge in [-0.3, -0.25) is 4.90 Å². The molecule has 130 valence electrons. The summed E-state index contributed by atoms with van der Waals surface area (Å²) < 4.78 is 5.85. The van der Waals surface area contributed by atoms with E-state index in [0.717, 1.165) is 30.8 Å². The third-order valence-electron chi connectivity index (χ3n) is 5.87. The number of nitrogens with zero attached hydrogens (tertiary/aromatic N) is 1. The van der Waals surface area contributed by atoms with E-state index in [1.54, 1.807) is 0 Å². The normalized spacial score (nSPS) is 36.3. The second-order valence-corrected chi connectivity index (χ2v) is 9.40. The SMILES string of the molecule is CC(CC1CCC(C(C)(C)C)CC1)CN1CC(C)OC(C)C1. The van der Waals surface area contributed by atoms with Crippen LogP contribution in [-0.4, -0.2) is 36.7 Å². The average molecular weight is 310 g/mol. The quantitative estimate of drug-likeness (QED) is 0.726. The standard InChI is InChI=1S/C20H39NO/c1-15(12-21-13-16(2)22-17(3)14-21)11-18-7-9-19(10-8-18)20(4,5)6/h15-19H,7-14H2,1-6H3. The van der Waals surface area contributed by atoms with Crippen molar-refractivity contribution >= 4 is 0 Å². The van der Waals surface area contributed by atoms with Crippen LogP contribution in [0.25, 0.3) is 0 Å². The van der Waals surface area contributed by atoms with Gasteiger partial charge in [-0.25, -0.2) is 0 Å². The van der Waals surface area contributed by atoms with Crippen LogP contribution >= 0.6 is 0 Å². The summed E-state index contributed by atoms with van der Waals surface area (Å²) in [5, 5.41) is 0. The molecule has 2 fully saturated rings. The van der Waals surface area contributed by atoms with Gasteiger partial charge >= 0.3 is 0 Å². The molecule has 1 saturated carbocycles. The van der Waals surface area contributed by atoms with Gasteiger partial charge in [-0.05, 0) is 56.3 Å². The van der Waals surface area contributed by atoms with Crippen molar-refractivity contribution in [1.29, 1.82) is 0 Å². The average Bonchev–Trinajstić information content (AvgIpc) is 2.36. The molecule has 0 aromatic heterocycles. The van der Waals surface area contributed by atoms with Crippen molar-refractivity contribution in [3.8, 4) is 0 Å². The number of hydrogen-bond donors (Lipinski definition) is 0. The molecule has 22 heavy (non-hydrogen) atoms. The zero-order chi connectivity index (χ0) is 16.3. The summed E-state index contributed by atoms with van der Waals surface area (Å²) in [6, 6.07) is 0. The summed E-state index contributed by atoms with van der Waals surface area (Å²) in [5.41, 5.74) is 0.511. The second kappa shape index (κ2) is 7.66. The topological polar surface area (TPSA) is 12.5 Å². The Balaban J connectivity index is 1.71. The molecule has 0 N–H and O–H groups in total. The Kier molecular flexibility index (Phi) is 6.36. The van der Waals surface area contributed by atoms with Gasteiger partial charge in [-0.15, -0.1) is 0 Å². The smallest absolute Gasteiger partial charge is 0.0678 e. The molecule has 1 heterocycles. The van der Waals surface area contributed by atoms with Gasteiger partial charge in [0.1, 0.15) is 0 Å². The zero-order valence-electron chi connectivity index (χ0n) is 15.9.